The molecule has 0 aromatic heterocycles. The molecule has 0 fully saturated rings. The molecule has 4 nitrogen and oxygen atoms in total. The summed E-state index contributed by atoms with van der Waals surface area (Å²) in [7, 11) is 0. The molecule has 2 rings (SSSR count). The molecule has 0 saturated carbocycles. The van der Waals surface area contributed by atoms with Gasteiger partial charge in [0.1, 0.15) is 6.04 Å². The lowest BCUT2D eigenvalue weighted by Gasteiger charge is -2.13. The predicted molar refractivity (Wildman–Crippen MR) is 132 cm³/mol. The van der Waals surface area contributed by atoms with Crippen LogP contribution in [-0.2, 0) is 16.0 Å². The van der Waals surface area contributed by atoms with Crippen molar-refractivity contribution in [3.05, 3.63) is 59.7 Å². The molecule has 0 bridgehead atoms. The lowest BCUT2D eigenvalue weighted by atomic mass is 10.00. The second kappa shape index (κ2) is 14.4. The van der Waals surface area contributed by atoms with Gasteiger partial charge in [0.2, 0.25) is 0 Å². The number of ether oxygens (including phenoxy) is 1. The molecule has 32 heavy (non-hydrogen) atoms. The average molecular weight is 438 g/mol. The van der Waals surface area contributed by atoms with Gasteiger partial charge in [0.15, 0.2) is 0 Å². The van der Waals surface area contributed by atoms with E-state index in [1.54, 1.807) is 26.0 Å². The van der Waals surface area contributed by atoms with Crippen LogP contribution in [0.3, 0.4) is 0 Å². The number of carbonyl (C=O) groups is 2. The molecule has 0 spiro atoms. The Morgan fingerprint density at radius 1 is 0.781 bits per heavy atom. The molecule has 0 unspecified atom stereocenters. The van der Waals surface area contributed by atoms with Crippen molar-refractivity contribution in [1.29, 1.82) is 0 Å². The van der Waals surface area contributed by atoms with Crippen molar-refractivity contribution in [2.75, 3.05) is 6.61 Å². The van der Waals surface area contributed by atoms with Gasteiger partial charge in [-0.1, -0.05) is 88.3 Å². The molecule has 1 N–H and O–H groups in total. The molecule has 2 aromatic carbocycles. The van der Waals surface area contributed by atoms with Crippen LogP contribution in [0.5, 0.6) is 0 Å². The molecule has 1 amide bonds. The number of rotatable bonds is 14. The minimum absolute atomic E-state index is 0.280. The Bertz CT molecular complexity index is 812. The van der Waals surface area contributed by atoms with Crippen LogP contribution in [0.1, 0.15) is 88.1 Å². The summed E-state index contributed by atoms with van der Waals surface area (Å²) in [6.45, 7) is 5.93. The Morgan fingerprint density at radius 3 is 1.88 bits per heavy atom. The van der Waals surface area contributed by atoms with E-state index < -0.39 is 12.0 Å². The van der Waals surface area contributed by atoms with E-state index in [0.29, 0.717) is 12.2 Å². The van der Waals surface area contributed by atoms with Gasteiger partial charge in [0.25, 0.3) is 5.91 Å². The normalized spacial score (nSPS) is 11.7. The van der Waals surface area contributed by atoms with Crippen molar-refractivity contribution >= 4 is 11.9 Å². The molecule has 174 valence electrons. The fourth-order valence-electron chi connectivity index (χ4n) is 3.75. The van der Waals surface area contributed by atoms with Gasteiger partial charge >= 0.3 is 5.97 Å². The summed E-state index contributed by atoms with van der Waals surface area (Å²) < 4.78 is 4.93. The second-order valence-electron chi connectivity index (χ2n) is 8.45. The number of aryl methyl sites for hydroxylation is 1. The van der Waals surface area contributed by atoms with Crippen LogP contribution in [0, 0.1) is 0 Å². The van der Waals surface area contributed by atoms with Gasteiger partial charge in [-0.15, -0.1) is 0 Å². The fourth-order valence-corrected chi connectivity index (χ4v) is 3.75. The van der Waals surface area contributed by atoms with Crippen molar-refractivity contribution in [2.24, 2.45) is 0 Å². The zero-order valence-corrected chi connectivity index (χ0v) is 20.0. The topological polar surface area (TPSA) is 55.4 Å². The average Bonchev–Trinajstić information content (AvgIpc) is 2.81. The third kappa shape index (κ3) is 8.86. The van der Waals surface area contributed by atoms with Crippen LogP contribution in [0.2, 0.25) is 0 Å². The Hall–Kier alpha value is -2.62. The lowest BCUT2D eigenvalue weighted by Crippen LogP contribution is -2.39. The van der Waals surface area contributed by atoms with Gasteiger partial charge in [-0.3, -0.25) is 4.79 Å². The summed E-state index contributed by atoms with van der Waals surface area (Å²) in [4.78, 5) is 24.0. The first-order valence-corrected chi connectivity index (χ1v) is 12.2. The van der Waals surface area contributed by atoms with E-state index in [2.05, 4.69) is 36.5 Å². The first-order valence-electron chi connectivity index (χ1n) is 12.2. The third-order valence-corrected chi connectivity index (χ3v) is 5.74. The maximum absolute atomic E-state index is 12.3. The molecule has 0 aliphatic carbocycles. The van der Waals surface area contributed by atoms with Crippen molar-refractivity contribution in [1.82, 2.24) is 5.32 Å². The van der Waals surface area contributed by atoms with E-state index in [1.807, 2.05) is 12.1 Å². The Kier molecular flexibility index (Phi) is 11.6. The van der Waals surface area contributed by atoms with E-state index in [-0.39, 0.29) is 5.91 Å². The van der Waals surface area contributed by atoms with Gasteiger partial charge in [-0.25, -0.2) is 4.79 Å². The quantitative estimate of drug-likeness (QED) is 0.264. The van der Waals surface area contributed by atoms with E-state index in [0.717, 1.165) is 17.5 Å². The molecule has 2 aromatic rings. The predicted octanol–water partition coefficient (Wildman–Crippen LogP) is 6.72. The van der Waals surface area contributed by atoms with E-state index in [4.69, 9.17) is 4.74 Å². The van der Waals surface area contributed by atoms with Crippen LogP contribution in [-0.4, -0.2) is 24.5 Å². The zero-order chi connectivity index (χ0) is 23.2. The molecule has 0 saturated heterocycles. The summed E-state index contributed by atoms with van der Waals surface area (Å²) in [6, 6.07) is 15.5. The number of benzene rings is 2. The van der Waals surface area contributed by atoms with Gasteiger partial charge in [-0.05, 0) is 55.5 Å². The highest BCUT2D eigenvalue weighted by molar-refractivity contribution is 5.97. The third-order valence-electron chi connectivity index (χ3n) is 5.74. The summed E-state index contributed by atoms with van der Waals surface area (Å²) in [5.74, 6) is -0.706. The minimum Gasteiger partial charge on any atom is -0.464 e. The largest absolute Gasteiger partial charge is 0.464 e. The number of esters is 1. The minimum atomic E-state index is -0.671. The zero-order valence-electron chi connectivity index (χ0n) is 20.0. The number of hydrogen-bond donors (Lipinski definition) is 1. The molecule has 0 radical (unpaired) electrons. The molecule has 1 atom stereocenters. The van der Waals surface area contributed by atoms with Crippen LogP contribution in [0.15, 0.2) is 48.5 Å². The number of nitrogens with one attached hydrogen (secondary N) is 1. The van der Waals surface area contributed by atoms with Gasteiger partial charge in [0, 0.05) is 5.56 Å². The van der Waals surface area contributed by atoms with Crippen molar-refractivity contribution in [2.45, 2.75) is 84.6 Å². The summed E-state index contributed by atoms with van der Waals surface area (Å²) in [6.07, 6.45) is 11.9. The standard InChI is InChI=1S/C28H39NO3/c1-4-6-7-8-9-10-11-12-13-23-14-16-24(17-15-23)25-18-20-26(21-19-25)27(30)29-22(3)28(31)32-5-2/h14-22H,4-13H2,1-3H3,(H,29,30)/t22-/m0/s1. The number of carbonyl (C=O) groups excluding carboxylic acids is 2. The highest BCUT2D eigenvalue weighted by Gasteiger charge is 2.17. The maximum atomic E-state index is 12.3. The molecule has 4 heteroatoms. The maximum Gasteiger partial charge on any atom is 0.328 e. The smallest absolute Gasteiger partial charge is 0.328 e. The molecular weight excluding hydrogens is 398 g/mol. The van der Waals surface area contributed by atoms with Crippen molar-refractivity contribution in [3.8, 4) is 11.1 Å². The highest BCUT2D eigenvalue weighted by atomic mass is 16.5. The summed E-state index contributed by atoms with van der Waals surface area (Å²) in [5, 5.41) is 2.67. The van der Waals surface area contributed by atoms with Gasteiger partial charge in [-0.2, -0.15) is 0 Å². The monoisotopic (exact) mass is 437 g/mol. The Balaban J connectivity index is 1.79. The Morgan fingerprint density at radius 2 is 1.31 bits per heavy atom. The van der Waals surface area contributed by atoms with Crippen LogP contribution in [0.4, 0.5) is 0 Å². The van der Waals surface area contributed by atoms with E-state index in [1.165, 1.54) is 56.9 Å². The second-order valence-corrected chi connectivity index (χ2v) is 8.45. The Labute approximate surface area is 193 Å². The van der Waals surface area contributed by atoms with E-state index in [9.17, 15) is 9.59 Å². The SMILES string of the molecule is CCCCCCCCCCc1ccc(-c2ccc(C(=O)N[C@@H](C)C(=O)OCC)cc2)cc1. The summed E-state index contributed by atoms with van der Waals surface area (Å²) >= 11 is 0. The number of unbranched alkanes of at least 4 members (excludes halogenated alkanes) is 7. The molecule has 0 heterocycles. The van der Waals surface area contributed by atoms with Crippen LogP contribution < -0.4 is 5.32 Å². The van der Waals surface area contributed by atoms with E-state index >= 15 is 0 Å². The number of amides is 1. The lowest BCUT2D eigenvalue weighted by molar-refractivity contribution is -0.144. The van der Waals surface area contributed by atoms with Crippen LogP contribution in [0.25, 0.3) is 11.1 Å². The first kappa shape index (κ1) is 25.6. The summed E-state index contributed by atoms with van der Waals surface area (Å²) in [5.41, 5.74) is 4.11. The first-order chi connectivity index (χ1) is 15.5. The molecule has 0 aliphatic rings. The molecule has 0 aliphatic heterocycles. The van der Waals surface area contributed by atoms with Crippen LogP contribution >= 0.6 is 0 Å². The highest BCUT2D eigenvalue weighted by Crippen LogP contribution is 2.21. The fraction of sp³-hybridized carbons (Fsp3) is 0.500. The van der Waals surface area contributed by atoms with Gasteiger partial charge < -0.3 is 10.1 Å². The van der Waals surface area contributed by atoms with Crippen molar-refractivity contribution in [3.63, 3.8) is 0 Å². The molecular formula is C28H39NO3. The number of hydrogen-bond acceptors (Lipinski definition) is 3. The van der Waals surface area contributed by atoms with Crippen molar-refractivity contribution < 1.29 is 14.3 Å². The van der Waals surface area contributed by atoms with Gasteiger partial charge in [0.05, 0.1) is 6.61 Å².